The highest BCUT2D eigenvalue weighted by Gasteiger charge is 2.81. The van der Waals surface area contributed by atoms with E-state index in [1.165, 1.54) is 25.7 Å². The fraction of sp³-hybridized carbons (Fsp3) is 0.950. The smallest absolute Gasteiger partial charge is 0.312 e. The van der Waals surface area contributed by atoms with Gasteiger partial charge in [0.1, 0.15) is 5.60 Å². The Morgan fingerprint density at radius 3 is 2.52 bits per heavy atom. The summed E-state index contributed by atoms with van der Waals surface area (Å²) >= 11 is 0. The highest BCUT2D eigenvalue weighted by molar-refractivity contribution is 5.76. The maximum absolute atomic E-state index is 12.9. The number of rotatable bonds is 3. The predicted octanol–water partition coefficient (Wildman–Crippen LogP) is 3.69. The third kappa shape index (κ3) is 1.50. The van der Waals surface area contributed by atoms with Gasteiger partial charge in [-0.15, -0.1) is 0 Å². The molecule has 1 spiro atoms. The average molecular weight is 318 g/mol. The summed E-state index contributed by atoms with van der Waals surface area (Å²) in [7, 11) is 0. The van der Waals surface area contributed by atoms with Crippen molar-refractivity contribution in [3.63, 3.8) is 0 Å². The first kappa shape index (κ1) is 14.7. The zero-order valence-corrected chi connectivity index (χ0v) is 14.7. The van der Waals surface area contributed by atoms with E-state index in [0.29, 0.717) is 23.7 Å². The number of hydrogen-bond donors (Lipinski definition) is 1. The Hall–Kier alpha value is -0.570. The van der Waals surface area contributed by atoms with Crippen LogP contribution in [0.15, 0.2) is 0 Å². The van der Waals surface area contributed by atoms with Crippen molar-refractivity contribution >= 4 is 5.97 Å². The number of fused-ring (bicyclic) bond motifs is 1. The lowest BCUT2D eigenvalue weighted by Gasteiger charge is -2.70. The van der Waals surface area contributed by atoms with Crippen LogP contribution in [0.3, 0.4) is 0 Å². The van der Waals surface area contributed by atoms with Crippen molar-refractivity contribution in [2.45, 2.75) is 83.3 Å². The maximum Gasteiger partial charge on any atom is 0.312 e. The Morgan fingerprint density at radius 1 is 1.13 bits per heavy atom. The van der Waals surface area contributed by atoms with Crippen molar-refractivity contribution in [1.29, 1.82) is 0 Å². The van der Waals surface area contributed by atoms with E-state index in [2.05, 4.69) is 6.92 Å². The quantitative estimate of drug-likeness (QED) is 0.807. The molecule has 3 heteroatoms. The summed E-state index contributed by atoms with van der Waals surface area (Å²) in [5.74, 6) is 2.12. The molecule has 6 fully saturated rings. The van der Waals surface area contributed by atoms with Crippen molar-refractivity contribution in [2.24, 2.45) is 34.5 Å². The van der Waals surface area contributed by atoms with Crippen LogP contribution in [0.2, 0.25) is 0 Å². The topological polar surface area (TPSA) is 46.5 Å². The molecule has 0 radical (unpaired) electrons. The van der Waals surface area contributed by atoms with E-state index in [0.717, 1.165) is 25.7 Å². The van der Waals surface area contributed by atoms with E-state index in [-0.39, 0.29) is 17.0 Å². The number of esters is 1. The first-order chi connectivity index (χ1) is 10.7. The Kier molecular flexibility index (Phi) is 2.55. The van der Waals surface area contributed by atoms with E-state index < -0.39 is 11.0 Å². The van der Waals surface area contributed by atoms with Crippen LogP contribution < -0.4 is 0 Å². The number of carbonyl (C=O) groups is 1. The molecular formula is C20H30O3. The summed E-state index contributed by atoms with van der Waals surface area (Å²) in [6.45, 7) is 6.09. The van der Waals surface area contributed by atoms with Crippen LogP contribution >= 0.6 is 0 Å². The maximum atomic E-state index is 12.9. The molecule has 7 unspecified atom stereocenters. The molecule has 1 N–H and O–H groups in total. The molecule has 128 valence electrons. The highest BCUT2D eigenvalue weighted by atomic mass is 16.6. The molecule has 0 aromatic heterocycles. The van der Waals surface area contributed by atoms with E-state index in [1.807, 2.05) is 13.8 Å². The standard InChI is InChI=1S/C20H30O3/c1-4-17(2,3)16(21)23-20-10-13-6-15-18(20,8-13)7-12-5-14(20)11-19(15,22)9-12/h12-15,22H,4-11H2,1-3H3. The minimum atomic E-state index is -0.447. The van der Waals surface area contributed by atoms with E-state index in [1.54, 1.807) is 0 Å². The molecule has 0 aromatic carbocycles. The van der Waals surface area contributed by atoms with Crippen molar-refractivity contribution < 1.29 is 14.6 Å². The van der Waals surface area contributed by atoms with Gasteiger partial charge in [0, 0.05) is 11.3 Å². The summed E-state index contributed by atoms with van der Waals surface area (Å²) < 4.78 is 6.48. The van der Waals surface area contributed by atoms with Gasteiger partial charge in [0.15, 0.2) is 0 Å². The van der Waals surface area contributed by atoms with Gasteiger partial charge < -0.3 is 9.84 Å². The van der Waals surface area contributed by atoms with Crippen molar-refractivity contribution in [1.82, 2.24) is 0 Å². The van der Waals surface area contributed by atoms with Gasteiger partial charge in [0.2, 0.25) is 0 Å². The summed E-state index contributed by atoms with van der Waals surface area (Å²) in [5, 5.41) is 11.3. The van der Waals surface area contributed by atoms with Gasteiger partial charge in [-0.1, -0.05) is 6.92 Å². The molecule has 23 heavy (non-hydrogen) atoms. The lowest BCUT2D eigenvalue weighted by molar-refractivity contribution is -0.305. The van der Waals surface area contributed by atoms with Gasteiger partial charge >= 0.3 is 5.97 Å². The van der Waals surface area contributed by atoms with Crippen LogP contribution in [0.4, 0.5) is 0 Å². The molecule has 6 rings (SSSR count). The number of ether oxygens (including phenoxy) is 1. The van der Waals surface area contributed by atoms with E-state index in [4.69, 9.17) is 4.74 Å². The third-order valence-corrected chi connectivity index (χ3v) is 8.86. The molecule has 5 bridgehead atoms. The second-order valence-corrected chi connectivity index (χ2v) is 10.2. The highest BCUT2D eigenvalue weighted by Crippen LogP contribution is 2.80. The van der Waals surface area contributed by atoms with Crippen LogP contribution in [0, 0.1) is 34.5 Å². The zero-order valence-electron chi connectivity index (χ0n) is 14.7. The van der Waals surface area contributed by atoms with Crippen LogP contribution in [0.5, 0.6) is 0 Å². The normalized spacial score (nSPS) is 55.5. The van der Waals surface area contributed by atoms with E-state index in [9.17, 15) is 9.90 Å². The van der Waals surface area contributed by atoms with Gasteiger partial charge in [0.05, 0.1) is 11.0 Å². The fourth-order valence-electron chi connectivity index (χ4n) is 7.82. The predicted molar refractivity (Wildman–Crippen MR) is 86.6 cm³/mol. The fourth-order valence-corrected chi connectivity index (χ4v) is 7.82. The van der Waals surface area contributed by atoms with Crippen molar-refractivity contribution in [3.8, 4) is 0 Å². The number of carbonyl (C=O) groups excluding carboxylic acids is 1. The second-order valence-electron chi connectivity index (χ2n) is 10.2. The summed E-state index contributed by atoms with van der Waals surface area (Å²) in [4.78, 5) is 12.9. The van der Waals surface area contributed by atoms with Crippen molar-refractivity contribution in [3.05, 3.63) is 0 Å². The monoisotopic (exact) mass is 318 g/mol. The van der Waals surface area contributed by atoms with Crippen LogP contribution in [0.25, 0.3) is 0 Å². The lowest BCUT2D eigenvalue weighted by Crippen LogP contribution is -2.73. The molecule has 6 aliphatic carbocycles. The SMILES string of the molecule is CCC(C)(C)C(=O)OC12CC3CC4C5(O)CC(CC1C5)CC42C3. The van der Waals surface area contributed by atoms with Gasteiger partial charge in [-0.25, -0.2) is 0 Å². The first-order valence-corrected chi connectivity index (χ1v) is 9.70. The molecule has 7 atom stereocenters. The third-order valence-electron chi connectivity index (χ3n) is 8.86. The number of aliphatic hydroxyl groups is 1. The Bertz CT molecular complexity index is 583. The Labute approximate surface area is 139 Å². The minimum Gasteiger partial charge on any atom is -0.458 e. The first-order valence-electron chi connectivity index (χ1n) is 9.70. The summed E-state index contributed by atoms with van der Waals surface area (Å²) in [6, 6.07) is 0. The summed E-state index contributed by atoms with van der Waals surface area (Å²) in [6.07, 6.45) is 8.52. The van der Waals surface area contributed by atoms with E-state index >= 15 is 0 Å². The largest absolute Gasteiger partial charge is 0.458 e. The van der Waals surface area contributed by atoms with Crippen LogP contribution in [0.1, 0.15) is 72.1 Å². The molecular weight excluding hydrogens is 288 g/mol. The zero-order chi connectivity index (χ0) is 16.3. The molecule has 0 saturated heterocycles. The molecule has 0 aliphatic heterocycles. The molecule has 3 nitrogen and oxygen atoms in total. The van der Waals surface area contributed by atoms with Crippen molar-refractivity contribution in [2.75, 3.05) is 0 Å². The summed E-state index contributed by atoms with van der Waals surface area (Å²) in [5.41, 5.74) is -0.977. The van der Waals surface area contributed by atoms with Crippen LogP contribution in [-0.2, 0) is 9.53 Å². The van der Waals surface area contributed by atoms with Crippen LogP contribution in [-0.4, -0.2) is 22.3 Å². The average Bonchev–Trinajstić information content (AvgIpc) is 2.99. The Balaban J connectivity index is 1.58. The van der Waals surface area contributed by atoms with Gasteiger partial charge in [-0.2, -0.15) is 0 Å². The number of hydrogen-bond acceptors (Lipinski definition) is 3. The van der Waals surface area contributed by atoms with Gasteiger partial charge in [0.25, 0.3) is 0 Å². The van der Waals surface area contributed by atoms with Gasteiger partial charge in [-0.05, 0) is 83.0 Å². The molecule has 0 amide bonds. The second kappa shape index (κ2) is 3.98. The lowest BCUT2D eigenvalue weighted by atomic mass is 9.38. The molecule has 6 aliphatic rings. The minimum absolute atomic E-state index is 0.000128. The molecule has 6 saturated carbocycles. The molecule has 0 aromatic rings. The molecule has 0 heterocycles. The van der Waals surface area contributed by atoms with Gasteiger partial charge in [-0.3, -0.25) is 4.79 Å². The Morgan fingerprint density at radius 2 is 1.83 bits per heavy atom.